The first-order chi connectivity index (χ1) is 10.0. The van der Waals surface area contributed by atoms with Gasteiger partial charge in [-0.3, -0.25) is 0 Å². The molecule has 112 valence electrons. The van der Waals surface area contributed by atoms with Gasteiger partial charge in [-0.1, -0.05) is 54.4 Å². The van der Waals surface area contributed by atoms with Gasteiger partial charge in [-0.15, -0.1) is 0 Å². The Morgan fingerprint density at radius 3 is 1.95 bits per heavy atom. The monoisotopic (exact) mass is 281 g/mol. The highest BCUT2D eigenvalue weighted by Gasteiger charge is 2.14. The number of nitrogens with one attached hydrogen (secondary N) is 1. The van der Waals surface area contributed by atoms with Crippen LogP contribution in [0.15, 0.2) is 36.4 Å². The molecule has 0 radical (unpaired) electrons. The minimum absolute atomic E-state index is 0.385. The van der Waals surface area contributed by atoms with Gasteiger partial charge in [-0.25, -0.2) is 0 Å². The van der Waals surface area contributed by atoms with Crippen molar-refractivity contribution in [2.45, 2.75) is 47.1 Å². The molecule has 2 aromatic rings. The first-order valence-corrected chi connectivity index (χ1v) is 7.88. The average molecular weight is 281 g/mol. The Morgan fingerprint density at radius 2 is 1.43 bits per heavy atom. The van der Waals surface area contributed by atoms with E-state index in [9.17, 15) is 0 Å². The van der Waals surface area contributed by atoms with Gasteiger partial charge in [0.05, 0.1) is 0 Å². The van der Waals surface area contributed by atoms with E-state index in [0.717, 1.165) is 13.0 Å². The SMILES string of the molecule is CCNC(Cc1c(C)cc(C)cc1C)c1ccc(C)cc1. The molecule has 1 nitrogen and oxygen atoms in total. The molecule has 0 saturated carbocycles. The van der Waals surface area contributed by atoms with E-state index < -0.39 is 0 Å². The van der Waals surface area contributed by atoms with Crippen LogP contribution in [0.4, 0.5) is 0 Å². The van der Waals surface area contributed by atoms with Gasteiger partial charge in [0.15, 0.2) is 0 Å². The number of rotatable bonds is 5. The summed E-state index contributed by atoms with van der Waals surface area (Å²) in [7, 11) is 0. The molecule has 0 aliphatic heterocycles. The van der Waals surface area contributed by atoms with Crippen molar-refractivity contribution in [1.82, 2.24) is 5.32 Å². The molecule has 0 aliphatic carbocycles. The summed E-state index contributed by atoms with van der Waals surface area (Å²) in [6, 6.07) is 13.9. The van der Waals surface area contributed by atoms with Crippen LogP contribution in [0, 0.1) is 27.7 Å². The number of hydrogen-bond donors (Lipinski definition) is 1. The first-order valence-electron chi connectivity index (χ1n) is 7.88. The van der Waals surface area contributed by atoms with Gasteiger partial charge in [0.2, 0.25) is 0 Å². The van der Waals surface area contributed by atoms with E-state index >= 15 is 0 Å². The fourth-order valence-corrected chi connectivity index (χ4v) is 3.09. The van der Waals surface area contributed by atoms with Crippen LogP contribution in [0.2, 0.25) is 0 Å². The molecule has 0 fully saturated rings. The Labute approximate surface area is 129 Å². The molecule has 0 bridgehead atoms. The lowest BCUT2D eigenvalue weighted by Gasteiger charge is -2.21. The lowest BCUT2D eigenvalue weighted by atomic mass is 9.91. The van der Waals surface area contributed by atoms with Crippen LogP contribution < -0.4 is 5.32 Å². The summed E-state index contributed by atoms with van der Waals surface area (Å²) in [5.41, 5.74) is 8.33. The quantitative estimate of drug-likeness (QED) is 0.829. The third kappa shape index (κ3) is 3.95. The highest BCUT2D eigenvalue weighted by Crippen LogP contribution is 2.24. The summed E-state index contributed by atoms with van der Waals surface area (Å²) in [5.74, 6) is 0. The van der Waals surface area contributed by atoms with Gasteiger partial charge < -0.3 is 5.32 Å². The summed E-state index contributed by atoms with van der Waals surface area (Å²) >= 11 is 0. The molecule has 1 heteroatoms. The Balaban J connectivity index is 2.30. The summed E-state index contributed by atoms with van der Waals surface area (Å²) < 4.78 is 0. The highest BCUT2D eigenvalue weighted by atomic mass is 14.9. The van der Waals surface area contributed by atoms with Gasteiger partial charge in [0, 0.05) is 6.04 Å². The van der Waals surface area contributed by atoms with Crippen LogP contribution in [0.3, 0.4) is 0 Å². The second-order valence-corrected chi connectivity index (χ2v) is 6.10. The molecule has 0 aliphatic rings. The lowest BCUT2D eigenvalue weighted by Crippen LogP contribution is -2.23. The Morgan fingerprint density at radius 1 is 0.857 bits per heavy atom. The van der Waals surface area contributed by atoms with Crippen molar-refractivity contribution in [2.75, 3.05) is 6.54 Å². The van der Waals surface area contributed by atoms with Gasteiger partial charge >= 0.3 is 0 Å². The zero-order valence-corrected chi connectivity index (χ0v) is 14.0. The van der Waals surface area contributed by atoms with Crippen LogP contribution in [0.5, 0.6) is 0 Å². The van der Waals surface area contributed by atoms with E-state index in [0.29, 0.717) is 6.04 Å². The van der Waals surface area contributed by atoms with E-state index in [2.05, 4.69) is 76.3 Å². The van der Waals surface area contributed by atoms with E-state index in [4.69, 9.17) is 0 Å². The summed E-state index contributed by atoms with van der Waals surface area (Å²) in [5, 5.41) is 3.64. The molecule has 1 N–H and O–H groups in total. The molecule has 0 saturated heterocycles. The maximum Gasteiger partial charge on any atom is 0.0360 e. The molecule has 1 atom stereocenters. The van der Waals surface area contributed by atoms with Gasteiger partial charge in [-0.05, 0) is 62.9 Å². The molecule has 2 rings (SSSR count). The Kier molecular flexibility index (Phi) is 5.19. The Hall–Kier alpha value is -1.60. The highest BCUT2D eigenvalue weighted by molar-refractivity contribution is 5.39. The molecular weight excluding hydrogens is 254 g/mol. The third-order valence-electron chi connectivity index (χ3n) is 4.18. The summed E-state index contributed by atoms with van der Waals surface area (Å²) in [4.78, 5) is 0. The predicted molar refractivity (Wildman–Crippen MR) is 92.0 cm³/mol. The maximum atomic E-state index is 3.64. The fourth-order valence-electron chi connectivity index (χ4n) is 3.09. The minimum atomic E-state index is 0.385. The van der Waals surface area contributed by atoms with Crippen molar-refractivity contribution in [3.8, 4) is 0 Å². The molecule has 0 aromatic heterocycles. The minimum Gasteiger partial charge on any atom is -0.310 e. The molecular formula is C20H27N. The normalized spacial score (nSPS) is 12.4. The molecule has 2 aromatic carbocycles. The maximum absolute atomic E-state index is 3.64. The van der Waals surface area contributed by atoms with E-state index in [1.54, 1.807) is 0 Å². The smallest absolute Gasteiger partial charge is 0.0360 e. The van der Waals surface area contributed by atoms with Crippen LogP contribution in [-0.4, -0.2) is 6.54 Å². The molecule has 0 amide bonds. The molecule has 1 unspecified atom stereocenters. The lowest BCUT2D eigenvalue weighted by molar-refractivity contribution is 0.547. The van der Waals surface area contributed by atoms with Gasteiger partial charge in [0.1, 0.15) is 0 Å². The number of hydrogen-bond acceptors (Lipinski definition) is 1. The third-order valence-corrected chi connectivity index (χ3v) is 4.18. The van der Waals surface area contributed by atoms with Crippen molar-refractivity contribution in [2.24, 2.45) is 0 Å². The number of likely N-dealkylation sites (N-methyl/N-ethyl adjacent to an activating group) is 1. The van der Waals surface area contributed by atoms with Gasteiger partial charge in [-0.2, -0.15) is 0 Å². The molecule has 0 spiro atoms. The van der Waals surface area contributed by atoms with Crippen molar-refractivity contribution in [1.29, 1.82) is 0 Å². The van der Waals surface area contributed by atoms with Crippen LogP contribution in [0.1, 0.15) is 46.3 Å². The van der Waals surface area contributed by atoms with Crippen LogP contribution in [-0.2, 0) is 6.42 Å². The zero-order chi connectivity index (χ0) is 15.4. The van der Waals surface area contributed by atoms with Crippen molar-refractivity contribution >= 4 is 0 Å². The topological polar surface area (TPSA) is 12.0 Å². The summed E-state index contributed by atoms with van der Waals surface area (Å²) in [6.07, 6.45) is 1.05. The van der Waals surface area contributed by atoms with E-state index in [-0.39, 0.29) is 0 Å². The Bertz CT molecular complexity index is 573. The number of aryl methyl sites for hydroxylation is 4. The van der Waals surface area contributed by atoms with Crippen LogP contribution in [0.25, 0.3) is 0 Å². The van der Waals surface area contributed by atoms with E-state index in [1.165, 1.54) is 33.4 Å². The molecule has 21 heavy (non-hydrogen) atoms. The van der Waals surface area contributed by atoms with Crippen molar-refractivity contribution < 1.29 is 0 Å². The predicted octanol–water partition coefficient (Wildman–Crippen LogP) is 4.81. The first kappa shape index (κ1) is 15.8. The number of benzene rings is 2. The largest absolute Gasteiger partial charge is 0.310 e. The summed E-state index contributed by atoms with van der Waals surface area (Å²) in [6.45, 7) is 11.9. The zero-order valence-electron chi connectivity index (χ0n) is 14.0. The average Bonchev–Trinajstić information content (AvgIpc) is 2.42. The second kappa shape index (κ2) is 6.91. The van der Waals surface area contributed by atoms with Crippen molar-refractivity contribution in [3.05, 3.63) is 69.8 Å². The van der Waals surface area contributed by atoms with E-state index in [1.807, 2.05) is 0 Å². The molecule has 0 heterocycles. The standard InChI is InChI=1S/C20H27N/c1-6-21-20(18-9-7-14(2)8-10-18)13-19-16(4)11-15(3)12-17(19)5/h7-12,20-21H,6,13H2,1-5H3. The van der Waals surface area contributed by atoms with Crippen molar-refractivity contribution in [3.63, 3.8) is 0 Å². The van der Waals surface area contributed by atoms with Gasteiger partial charge in [0.25, 0.3) is 0 Å². The second-order valence-electron chi connectivity index (χ2n) is 6.10. The fraction of sp³-hybridized carbons (Fsp3) is 0.400. The van der Waals surface area contributed by atoms with Crippen LogP contribution >= 0.6 is 0 Å².